The molecular weight excluding hydrogens is 828 g/mol. The summed E-state index contributed by atoms with van der Waals surface area (Å²) in [6.45, 7) is 7.95. The van der Waals surface area contributed by atoms with E-state index in [1.54, 1.807) is 26.8 Å². The van der Waals surface area contributed by atoms with Crippen LogP contribution in [0.1, 0.15) is 131 Å². The van der Waals surface area contributed by atoms with Gasteiger partial charge < -0.3 is 59.4 Å². The van der Waals surface area contributed by atoms with Gasteiger partial charge in [0.05, 0.1) is 71.3 Å². The molecule has 12 unspecified atom stereocenters. The van der Waals surface area contributed by atoms with E-state index >= 15 is 0 Å². The average molecular weight is 873 g/mol. The van der Waals surface area contributed by atoms with Crippen LogP contribution >= 0.6 is 0 Å². The number of aromatic hydroxyl groups is 2. The summed E-state index contributed by atoms with van der Waals surface area (Å²) in [5, 5.41) is 74.4. The molecule has 3 saturated heterocycles. The second-order valence-corrected chi connectivity index (χ2v) is 18.1. The molecule has 14 atom stereocenters. The number of rotatable bonds is 3. The van der Waals surface area contributed by atoms with Crippen molar-refractivity contribution in [3.63, 3.8) is 0 Å². The van der Waals surface area contributed by atoms with Gasteiger partial charge in [0.1, 0.15) is 53.1 Å². The van der Waals surface area contributed by atoms with E-state index in [1.165, 1.54) is 19.9 Å². The first-order valence-electron chi connectivity index (χ1n) is 20.9. The number of Topliss-reactive ketones (excluding diaryl/α,β-unsaturated/α-hetero) is 5. The number of phenolic OH excluding ortho intramolecular Hbond substituents is 2. The zero-order valence-electron chi connectivity index (χ0n) is 34.5. The largest absolute Gasteiger partial charge is 0.507 e. The SMILES string of the molecule is CC(=O)C[C@H]1Cc2cc3c(c(O)c2[C@H](C)O1)C(=O)C1=C(C3=O)C2OC(C)C3(O)C(O)C123.CC1OC2CC(=O)OC2c2cc3c(c(O)c21)C(=O)C(=O)C(C1CC(O)C(O)C(C)O1)=C3O. The number of carbonyl (C=O) groups is 6. The number of aliphatic hydroxyl groups is 5. The van der Waals surface area contributed by atoms with Gasteiger partial charge >= 0.3 is 5.97 Å². The number of aliphatic hydroxyl groups excluding tert-OH is 4. The van der Waals surface area contributed by atoms with Gasteiger partial charge in [-0.1, -0.05) is 0 Å². The quantitative estimate of drug-likeness (QED) is 0.171. The minimum absolute atomic E-state index is 0.0216. The molecule has 0 amide bonds. The maximum atomic E-state index is 13.5. The van der Waals surface area contributed by atoms with Crippen molar-refractivity contribution < 1.29 is 88.2 Å². The Balaban J connectivity index is 0.000000150. The van der Waals surface area contributed by atoms with Crippen molar-refractivity contribution >= 4 is 40.6 Å². The highest BCUT2D eigenvalue weighted by Gasteiger charge is 2.93. The highest BCUT2D eigenvalue weighted by atomic mass is 16.6. The Morgan fingerprint density at radius 1 is 0.778 bits per heavy atom. The summed E-state index contributed by atoms with van der Waals surface area (Å²) in [4.78, 5) is 76.1. The lowest BCUT2D eigenvalue weighted by Gasteiger charge is -2.41. The average Bonchev–Trinajstić information content (AvgIpc) is 3.40. The molecule has 0 aromatic heterocycles. The molecule has 63 heavy (non-hydrogen) atoms. The van der Waals surface area contributed by atoms with Crippen LogP contribution < -0.4 is 0 Å². The predicted octanol–water partition coefficient (Wildman–Crippen LogP) is 1.72. The van der Waals surface area contributed by atoms with Crippen LogP contribution in [0.4, 0.5) is 0 Å². The van der Waals surface area contributed by atoms with Crippen LogP contribution in [0, 0.1) is 5.41 Å². The number of fused-ring (bicyclic) bond motifs is 7. The fourth-order valence-corrected chi connectivity index (χ4v) is 11.6. The molecule has 0 radical (unpaired) electrons. The molecule has 2 aromatic carbocycles. The molecule has 18 nitrogen and oxygen atoms in total. The molecular formula is C45H44O18. The van der Waals surface area contributed by atoms with Crippen molar-refractivity contribution in [2.45, 2.75) is 139 Å². The Bertz CT molecular complexity index is 2590. The number of esters is 1. The number of ketones is 5. The van der Waals surface area contributed by atoms with Crippen LogP contribution in [0.25, 0.3) is 5.76 Å². The van der Waals surface area contributed by atoms with Crippen molar-refractivity contribution in [2.24, 2.45) is 5.41 Å². The van der Waals surface area contributed by atoms with Crippen molar-refractivity contribution in [3.05, 3.63) is 73.4 Å². The fraction of sp³-hybridized carbons (Fsp3) is 0.511. The van der Waals surface area contributed by atoms with Gasteiger partial charge in [0.25, 0.3) is 0 Å². The molecule has 4 fully saturated rings. The lowest BCUT2D eigenvalue weighted by atomic mass is 9.61. The third kappa shape index (κ3) is 5.28. The summed E-state index contributed by atoms with van der Waals surface area (Å²) in [7, 11) is 0. The molecule has 1 spiro atoms. The minimum atomic E-state index is -1.61. The zero-order chi connectivity index (χ0) is 45.3. The van der Waals surface area contributed by atoms with Crippen LogP contribution in [0.3, 0.4) is 0 Å². The molecule has 0 bridgehead atoms. The highest BCUT2D eigenvalue weighted by molar-refractivity contribution is 6.53. The van der Waals surface area contributed by atoms with Crippen molar-refractivity contribution in [1.29, 1.82) is 0 Å². The van der Waals surface area contributed by atoms with E-state index in [0.29, 0.717) is 23.1 Å². The van der Waals surface area contributed by atoms with E-state index in [-0.39, 0.29) is 81.4 Å². The van der Waals surface area contributed by atoms with Crippen LogP contribution in [0.15, 0.2) is 28.9 Å². The topological polar surface area (TPSA) is 290 Å². The van der Waals surface area contributed by atoms with Gasteiger partial charge in [-0.15, -0.1) is 0 Å². The number of hydrogen-bond acceptors (Lipinski definition) is 18. The Morgan fingerprint density at radius 2 is 1.44 bits per heavy atom. The molecule has 11 rings (SSSR count). The minimum Gasteiger partial charge on any atom is -0.507 e. The molecule has 4 aliphatic carbocycles. The number of carbonyl (C=O) groups excluding carboxylic acids is 6. The van der Waals surface area contributed by atoms with E-state index in [4.69, 9.17) is 23.7 Å². The van der Waals surface area contributed by atoms with Gasteiger partial charge in [0, 0.05) is 51.8 Å². The molecule has 5 aliphatic heterocycles. The molecule has 9 aliphatic rings. The summed E-state index contributed by atoms with van der Waals surface area (Å²) in [5.74, 6) is -4.98. The third-order valence-electron chi connectivity index (χ3n) is 14.5. The summed E-state index contributed by atoms with van der Waals surface area (Å²) in [6, 6.07) is 3.04. The number of hydrogen-bond donors (Lipinski definition) is 7. The maximum absolute atomic E-state index is 13.5. The van der Waals surface area contributed by atoms with Crippen LogP contribution in [0.2, 0.25) is 0 Å². The van der Waals surface area contributed by atoms with Crippen molar-refractivity contribution in [2.75, 3.05) is 0 Å². The van der Waals surface area contributed by atoms with E-state index < -0.39 is 119 Å². The molecule has 1 saturated carbocycles. The second kappa shape index (κ2) is 13.7. The van der Waals surface area contributed by atoms with E-state index in [9.17, 15) is 64.5 Å². The Labute approximate surface area is 357 Å². The Hall–Kier alpha value is -5.18. The number of ether oxygens (including phenoxy) is 5. The lowest BCUT2D eigenvalue weighted by Crippen LogP contribution is -2.49. The third-order valence-corrected chi connectivity index (χ3v) is 14.5. The summed E-state index contributed by atoms with van der Waals surface area (Å²) in [6.07, 6.45) is -9.77. The first-order chi connectivity index (χ1) is 29.7. The van der Waals surface area contributed by atoms with Crippen molar-refractivity contribution in [1.82, 2.24) is 0 Å². The van der Waals surface area contributed by atoms with Gasteiger partial charge in [-0.25, -0.2) is 0 Å². The standard InChI is InChI=1S/C23H22O8.C22H22O10/c1-7(24)4-11-5-10-6-12-14(18(26)13(10)8(2)30-11)19(27)16-15(17(12)25)20-22(16)21(28)23(22,29)9(3)31-20;1-6-14-9(22-12(30-6)5-13(24)32-22)3-8-15(19(14)27)20(28)21(29)16(18(8)26)11-4-10(23)17(25)7(2)31-11/h6,8-9,11,20-21,26,28-29H,4-5H2,1-3H3;3,6-7,10-12,17,22-23,25-27H,4-5H2,1-2H3/t8-,9?,11-,20?,21?,22?,23?;/m0./s1. The van der Waals surface area contributed by atoms with E-state index in [2.05, 4.69) is 0 Å². The summed E-state index contributed by atoms with van der Waals surface area (Å²) >= 11 is 0. The molecule has 18 heteroatoms. The van der Waals surface area contributed by atoms with Gasteiger partial charge in [-0.2, -0.15) is 0 Å². The fourth-order valence-electron chi connectivity index (χ4n) is 11.6. The second-order valence-electron chi connectivity index (χ2n) is 18.1. The van der Waals surface area contributed by atoms with Gasteiger partial charge in [-0.3, -0.25) is 28.8 Å². The zero-order valence-corrected chi connectivity index (χ0v) is 34.5. The van der Waals surface area contributed by atoms with Crippen LogP contribution in [-0.2, 0) is 44.5 Å². The van der Waals surface area contributed by atoms with E-state index in [0.717, 1.165) is 0 Å². The summed E-state index contributed by atoms with van der Waals surface area (Å²) < 4.78 is 28.3. The highest BCUT2D eigenvalue weighted by Crippen LogP contribution is 2.78. The molecule has 7 N–H and O–H groups in total. The summed E-state index contributed by atoms with van der Waals surface area (Å²) in [5.41, 5.74) is -1.80. The van der Waals surface area contributed by atoms with Gasteiger partial charge in [0.2, 0.25) is 11.6 Å². The Morgan fingerprint density at radius 3 is 2.11 bits per heavy atom. The van der Waals surface area contributed by atoms with Crippen LogP contribution in [0.5, 0.6) is 11.5 Å². The Kier molecular flexibility index (Phi) is 9.07. The molecule has 5 heterocycles. The van der Waals surface area contributed by atoms with Crippen LogP contribution in [-0.4, -0.2) is 131 Å². The smallest absolute Gasteiger partial charge is 0.309 e. The number of phenols is 2. The monoisotopic (exact) mass is 872 g/mol. The van der Waals surface area contributed by atoms with Crippen molar-refractivity contribution in [3.8, 4) is 11.5 Å². The van der Waals surface area contributed by atoms with E-state index in [1.807, 2.05) is 0 Å². The molecule has 332 valence electrons. The first-order valence-corrected chi connectivity index (χ1v) is 20.9. The van der Waals surface area contributed by atoms with Gasteiger partial charge in [0.15, 0.2) is 17.7 Å². The number of benzene rings is 2. The maximum Gasteiger partial charge on any atom is 0.309 e. The first kappa shape index (κ1) is 41.8. The normalized spacial score (nSPS) is 39.0. The molecule has 2 aromatic rings. The lowest BCUT2D eigenvalue weighted by molar-refractivity contribution is -0.153. The van der Waals surface area contributed by atoms with Gasteiger partial charge in [-0.05, 0) is 58.7 Å². The predicted molar refractivity (Wildman–Crippen MR) is 209 cm³/mol.